The summed E-state index contributed by atoms with van der Waals surface area (Å²) in [6.07, 6.45) is 0.785. The van der Waals surface area contributed by atoms with Crippen molar-refractivity contribution < 1.29 is 13.2 Å². The minimum Gasteiger partial charge on any atom is -0.477 e. The van der Waals surface area contributed by atoms with Crippen molar-refractivity contribution >= 4 is 16.2 Å². The van der Waals surface area contributed by atoms with Crippen molar-refractivity contribution in [2.24, 2.45) is 4.99 Å². The molecule has 0 amide bonds. The van der Waals surface area contributed by atoms with Gasteiger partial charge in [-0.2, -0.15) is 0 Å². The summed E-state index contributed by atoms with van der Waals surface area (Å²) in [5.74, 6) is 0. The van der Waals surface area contributed by atoms with Gasteiger partial charge in [-0.25, -0.2) is 13.4 Å². The fourth-order valence-electron chi connectivity index (χ4n) is 1.58. The van der Waals surface area contributed by atoms with Crippen LogP contribution in [0.3, 0.4) is 0 Å². The quantitative estimate of drug-likeness (QED) is 0.786. The molecule has 86 valence electrons. The van der Waals surface area contributed by atoms with Crippen molar-refractivity contribution in [1.29, 1.82) is 0 Å². The zero-order valence-corrected chi connectivity index (χ0v) is 9.94. The van der Waals surface area contributed by atoms with Gasteiger partial charge < -0.3 is 4.74 Å². The van der Waals surface area contributed by atoms with Gasteiger partial charge in [0.1, 0.15) is 6.10 Å². The van der Waals surface area contributed by atoms with Crippen molar-refractivity contribution in [3.8, 4) is 0 Å². The molecule has 1 aromatic carbocycles. The molecule has 0 saturated carbocycles. The van der Waals surface area contributed by atoms with Gasteiger partial charge in [0.2, 0.25) is 9.84 Å². The van der Waals surface area contributed by atoms with Crippen molar-refractivity contribution in [3.63, 3.8) is 0 Å². The van der Waals surface area contributed by atoms with E-state index in [1.165, 1.54) is 6.40 Å². The average Bonchev–Trinajstić information content (AvgIpc) is 2.66. The highest BCUT2D eigenvalue weighted by Crippen LogP contribution is 2.23. The van der Waals surface area contributed by atoms with Gasteiger partial charge in [0.15, 0.2) is 11.8 Å². The van der Waals surface area contributed by atoms with Crippen LogP contribution in [-0.4, -0.2) is 26.3 Å². The molecular formula is C11H13NO3S. The first-order valence-electron chi connectivity index (χ1n) is 4.99. The molecule has 0 spiro atoms. The molecule has 0 radical (unpaired) electrons. The number of hydrogen-bond acceptors (Lipinski definition) is 4. The highest BCUT2D eigenvalue weighted by Gasteiger charge is 2.35. The molecule has 0 bridgehead atoms. The number of aryl methyl sites for hydroxylation is 1. The van der Waals surface area contributed by atoms with E-state index < -0.39 is 21.3 Å². The molecule has 0 saturated heterocycles. The highest BCUT2D eigenvalue weighted by molar-refractivity contribution is 7.92. The van der Waals surface area contributed by atoms with Crippen LogP contribution < -0.4 is 0 Å². The summed E-state index contributed by atoms with van der Waals surface area (Å²) in [6, 6.07) is 6.75. The molecule has 1 aliphatic heterocycles. The Balaban J connectivity index is 2.39. The first-order chi connectivity index (χ1) is 7.51. The molecular weight excluding hydrogens is 226 g/mol. The first kappa shape index (κ1) is 11.1. The Morgan fingerprint density at radius 2 is 1.88 bits per heavy atom. The molecule has 4 nitrogen and oxygen atoms in total. The molecule has 0 unspecified atom stereocenters. The Morgan fingerprint density at radius 1 is 1.25 bits per heavy atom. The number of hydrogen-bond donors (Lipinski definition) is 0. The third-order valence-corrected chi connectivity index (χ3v) is 4.62. The van der Waals surface area contributed by atoms with Crippen LogP contribution in [0, 0.1) is 6.92 Å². The number of ether oxygens (including phenoxy) is 1. The second-order valence-electron chi connectivity index (χ2n) is 3.84. The second-order valence-corrected chi connectivity index (χ2v) is 5.89. The summed E-state index contributed by atoms with van der Waals surface area (Å²) >= 11 is 0. The van der Waals surface area contributed by atoms with E-state index in [2.05, 4.69) is 4.99 Å². The van der Waals surface area contributed by atoms with Crippen LogP contribution in [-0.2, 0) is 14.6 Å². The molecule has 5 heteroatoms. The molecule has 0 fully saturated rings. The van der Waals surface area contributed by atoms with E-state index in [0.29, 0.717) is 0 Å². The van der Waals surface area contributed by atoms with E-state index in [-0.39, 0.29) is 4.90 Å². The summed E-state index contributed by atoms with van der Waals surface area (Å²) in [5, 5.41) is -0.824. The summed E-state index contributed by atoms with van der Waals surface area (Å²) in [4.78, 5) is 4.14. The number of aliphatic imine (C=N–C) groups is 1. The third-order valence-electron chi connectivity index (χ3n) is 2.55. The van der Waals surface area contributed by atoms with Crippen molar-refractivity contribution in [2.75, 3.05) is 0 Å². The SMILES string of the molecule is Cc1ccc(S(=O)(=O)[C@H]2N=CO[C@@H]2C)cc1. The molecule has 0 aliphatic carbocycles. The van der Waals surface area contributed by atoms with E-state index in [0.717, 1.165) is 5.56 Å². The smallest absolute Gasteiger partial charge is 0.205 e. The topological polar surface area (TPSA) is 55.7 Å². The first-order valence-corrected chi connectivity index (χ1v) is 6.54. The molecule has 0 aromatic heterocycles. The second kappa shape index (κ2) is 3.90. The molecule has 16 heavy (non-hydrogen) atoms. The van der Waals surface area contributed by atoms with Crippen LogP contribution in [0.25, 0.3) is 0 Å². The number of nitrogens with zero attached hydrogens (tertiary/aromatic N) is 1. The van der Waals surface area contributed by atoms with Crippen LogP contribution >= 0.6 is 0 Å². The van der Waals surface area contributed by atoms with Gasteiger partial charge in [-0.1, -0.05) is 17.7 Å². The number of sulfone groups is 1. The Bertz CT molecular complexity index is 505. The summed E-state index contributed by atoms with van der Waals surface area (Å²) in [6.45, 7) is 3.61. The predicted octanol–water partition coefficient (Wildman–Crippen LogP) is 1.54. The Hall–Kier alpha value is -1.36. The van der Waals surface area contributed by atoms with Crippen molar-refractivity contribution in [1.82, 2.24) is 0 Å². The predicted molar refractivity (Wildman–Crippen MR) is 61.2 cm³/mol. The third kappa shape index (κ3) is 1.82. The molecule has 1 heterocycles. The van der Waals surface area contributed by atoms with Crippen LogP contribution in [0.15, 0.2) is 34.2 Å². The van der Waals surface area contributed by atoms with Crippen molar-refractivity contribution in [2.45, 2.75) is 30.2 Å². The molecule has 1 aromatic rings. The molecule has 2 atom stereocenters. The van der Waals surface area contributed by atoms with E-state index in [1.807, 2.05) is 6.92 Å². The number of rotatable bonds is 2. The zero-order valence-electron chi connectivity index (χ0n) is 9.12. The fraction of sp³-hybridized carbons (Fsp3) is 0.364. The molecule has 0 N–H and O–H groups in total. The summed E-state index contributed by atoms with van der Waals surface area (Å²) in [7, 11) is -3.43. The van der Waals surface area contributed by atoms with Gasteiger partial charge in [-0.05, 0) is 26.0 Å². The van der Waals surface area contributed by atoms with Crippen LogP contribution in [0.4, 0.5) is 0 Å². The largest absolute Gasteiger partial charge is 0.477 e. The lowest BCUT2D eigenvalue weighted by Crippen LogP contribution is -2.27. The van der Waals surface area contributed by atoms with Gasteiger partial charge in [0.05, 0.1) is 4.90 Å². The van der Waals surface area contributed by atoms with Crippen LogP contribution in [0.2, 0.25) is 0 Å². The summed E-state index contributed by atoms with van der Waals surface area (Å²) in [5.41, 5.74) is 1.03. The highest BCUT2D eigenvalue weighted by atomic mass is 32.2. The zero-order chi connectivity index (χ0) is 11.8. The number of benzene rings is 1. The van der Waals surface area contributed by atoms with E-state index in [1.54, 1.807) is 31.2 Å². The van der Waals surface area contributed by atoms with Gasteiger partial charge >= 0.3 is 0 Å². The lowest BCUT2D eigenvalue weighted by molar-refractivity contribution is 0.244. The maximum atomic E-state index is 12.2. The minimum absolute atomic E-state index is 0.289. The van der Waals surface area contributed by atoms with Gasteiger partial charge in [-0.15, -0.1) is 0 Å². The lowest BCUT2D eigenvalue weighted by Gasteiger charge is -2.13. The Kier molecular flexibility index (Phi) is 2.71. The van der Waals surface area contributed by atoms with E-state index in [9.17, 15) is 8.42 Å². The van der Waals surface area contributed by atoms with Gasteiger partial charge in [0, 0.05) is 0 Å². The van der Waals surface area contributed by atoms with E-state index in [4.69, 9.17) is 4.74 Å². The van der Waals surface area contributed by atoms with Gasteiger partial charge in [-0.3, -0.25) is 0 Å². The van der Waals surface area contributed by atoms with Crippen molar-refractivity contribution in [3.05, 3.63) is 29.8 Å². The molecule has 2 rings (SSSR count). The molecule has 1 aliphatic rings. The maximum absolute atomic E-state index is 12.2. The minimum atomic E-state index is -3.43. The van der Waals surface area contributed by atoms with E-state index >= 15 is 0 Å². The average molecular weight is 239 g/mol. The monoisotopic (exact) mass is 239 g/mol. The Morgan fingerprint density at radius 3 is 2.38 bits per heavy atom. The lowest BCUT2D eigenvalue weighted by atomic mass is 10.2. The maximum Gasteiger partial charge on any atom is 0.205 e. The summed E-state index contributed by atoms with van der Waals surface area (Å²) < 4.78 is 29.4. The Labute approximate surface area is 94.9 Å². The fourth-order valence-corrected chi connectivity index (χ4v) is 3.15. The normalized spacial score (nSPS) is 24.4. The van der Waals surface area contributed by atoms with Crippen LogP contribution in [0.5, 0.6) is 0 Å². The van der Waals surface area contributed by atoms with Gasteiger partial charge in [0.25, 0.3) is 0 Å². The standard InChI is InChI=1S/C11H13NO3S/c1-8-3-5-10(6-4-8)16(13,14)11-9(2)15-7-12-11/h3-7,9,11H,1-2H3/t9-,11-/m1/s1. The van der Waals surface area contributed by atoms with Crippen LogP contribution in [0.1, 0.15) is 12.5 Å².